The van der Waals surface area contributed by atoms with Crippen molar-refractivity contribution in [3.05, 3.63) is 125 Å². The number of carbonyl (C=O) groups excluding carboxylic acids is 1. The smallest absolute Gasteiger partial charge is 0.289 e. The van der Waals surface area contributed by atoms with E-state index in [9.17, 15) is 4.79 Å². The van der Waals surface area contributed by atoms with Crippen molar-refractivity contribution < 1.29 is 13.9 Å². The summed E-state index contributed by atoms with van der Waals surface area (Å²) in [6.07, 6.45) is 0. The highest BCUT2D eigenvalue weighted by Crippen LogP contribution is 2.20. The Morgan fingerprint density at radius 2 is 1.34 bits per heavy atom. The van der Waals surface area contributed by atoms with E-state index >= 15 is 0 Å². The van der Waals surface area contributed by atoms with E-state index in [0.29, 0.717) is 25.4 Å². The number of amides is 1. The van der Waals surface area contributed by atoms with Crippen LogP contribution in [0, 0.1) is 0 Å². The van der Waals surface area contributed by atoms with E-state index in [1.165, 1.54) is 5.56 Å². The summed E-state index contributed by atoms with van der Waals surface area (Å²) in [6.45, 7) is 3.99. The molecule has 0 atom stereocenters. The highest BCUT2D eigenvalue weighted by molar-refractivity contribution is 5.91. The van der Waals surface area contributed by atoms with Crippen molar-refractivity contribution in [3.63, 3.8) is 0 Å². The van der Waals surface area contributed by atoms with Crippen LogP contribution in [-0.2, 0) is 26.2 Å². The number of likely N-dealkylation sites (N-methyl/N-ethyl adjacent to an activating group) is 1. The van der Waals surface area contributed by atoms with Crippen LogP contribution in [0.5, 0.6) is 5.75 Å². The minimum Gasteiger partial charge on any atom is -0.497 e. The predicted octanol–water partition coefficient (Wildman–Crippen LogP) is 5.69. The molecule has 0 saturated heterocycles. The SMILES string of the molecule is COc1cccc(CN(Cc2ccccc2)Cc2ccc(C(=O)N(CCN(C)C)Cc3ccccc3)o2)c1. The van der Waals surface area contributed by atoms with Crippen LogP contribution in [0.15, 0.2) is 101 Å². The first kappa shape index (κ1) is 27.2. The van der Waals surface area contributed by atoms with Crippen LogP contribution in [0.25, 0.3) is 0 Å². The maximum Gasteiger partial charge on any atom is 0.289 e. The average Bonchev–Trinajstić information content (AvgIpc) is 3.40. The Kier molecular flexibility index (Phi) is 9.73. The van der Waals surface area contributed by atoms with Gasteiger partial charge in [0.25, 0.3) is 5.91 Å². The van der Waals surface area contributed by atoms with Gasteiger partial charge in [-0.1, -0.05) is 72.8 Å². The van der Waals surface area contributed by atoms with E-state index < -0.39 is 0 Å². The fourth-order valence-electron chi connectivity index (χ4n) is 4.37. The van der Waals surface area contributed by atoms with Crippen LogP contribution in [0.3, 0.4) is 0 Å². The van der Waals surface area contributed by atoms with Gasteiger partial charge >= 0.3 is 0 Å². The Balaban J connectivity index is 1.50. The fourth-order valence-corrected chi connectivity index (χ4v) is 4.37. The Hall–Kier alpha value is -3.87. The first-order chi connectivity index (χ1) is 18.5. The molecule has 6 heteroatoms. The van der Waals surface area contributed by atoms with E-state index in [-0.39, 0.29) is 5.91 Å². The minimum atomic E-state index is -0.0932. The van der Waals surface area contributed by atoms with Crippen molar-refractivity contribution in [1.82, 2.24) is 14.7 Å². The summed E-state index contributed by atoms with van der Waals surface area (Å²) < 4.78 is 11.6. The minimum absolute atomic E-state index is 0.0932. The van der Waals surface area contributed by atoms with Gasteiger partial charge < -0.3 is 19.0 Å². The molecule has 0 bridgehead atoms. The van der Waals surface area contributed by atoms with Gasteiger partial charge in [-0.2, -0.15) is 0 Å². The largest absolute Gasteiger partial charge is 0.497 e. The number of benzene rings is 3. The number of nitrogens with zero attached hydrogens (tertiary/aromatic N) is 3. The molecular weight excluding hydrogens is 474 g/mol. The number of hydrogen-bond acceptors (Lipinski definition) is 5. The number of methoxy groups -OCH3 is 1. The third-order valence-corrected chi connectivity index (χ3v) is 6.36. The van der Waals surface area contributed by atoms with Gasteiger partial charge in [0.05, 0.1) is 13.7 Å². The van der Waals surface area contributed by atoms with Gasteiger partial charge in [0.1, 0.15) is 11.5 Å². The molecule has 0 fully saturated rings. The zero-order chi connectivity index (χ0) is 26.7. The Morgan fingerprint density at radius 3 is 2.00 bits per heavy atom. The molecule has 0 spiro atoms. The molecule has 0 radical (unpaired) electrons. The van der Waals surface area contributed by atoms with E-state index in [4.69, 9.17) is 9.15 Å². The second-order valence-corrected chi connectivity index (χ2v) is 9.76. The van der Waals surface area contributed by atoms with Gasteiger partial charge in [-0.05, 0) is 55.1 Å². The molecule has 6 nitrogen and oxygen atoms in total. The molecular formula is C32H37N3O3. The molecule has 1 amide bonds. The molecule has 0 aliphatic carbocycles. The van der Waals surface area contributed by atoms with E-state index in [1.54, 1.807) is 13.2 Å². The maximum atomic E-state index is 13.5. The summed E-state index contributed by atoms with van der Waals surface area (Å²) in [5.74, 6) is 1.88. The van der Waals surface area contributed by atoms with E-state index in [2.05, 4.69) is 46.2 Å². The van der Waals surface area contributed by atoms with Crippen LogP contribution in [0.4, 0.5) is 0 Å². The number of carbonyl (C=O) groups is 1. The zero-order valence-corrected chi connectivity index (χ0v) is 22.5. The number of furan rings is 1. The van der Waals surface area contributed by atoms with Crippen LogP contribution >= 0.6 is 0 Å². The Labute approximate surface area is 226 Å². The highest BCUT2D eigenvalue weighted by atomic mass is 16.5. The molecule has 3 aromatic carbocycles. The van der Waals surface area contributed by atoms with Crippen LogP contribution in [-0.4, -0.2) is 54.9 Å². The lowest BCUT2D eigenvalue weighted by molar-refractivity contribution is 0.0695. The normalized spacial score (nSPS) is 11.2. The summed E-state index contributed by atoms with van der Waals surface area (Å²) in [4.78, 5) is 19.7. The van der Waals surface area contributed by atoms with Crippen molar-refractivity contribution >= 4 is 5.91 Å². The monoisotopic (exact) mass is 511 g/mol. The second-order valence-electron chi connectivity index (χ2n) is 9.76. The maximum absolute atomic E-state index is 13.5. The van der Waals surface area contributed by atoms with Crippen molar-refractivity contribution in [1.29, 1.82) is 0 Å². The predicted molar refractivity (Wildman–Crippen MR) is 151 cm³/mol. The van der Waals surface area contributed by atoms with Gasteiger partial charge in [-0.25, -0.2) is 0 Å². The third-order valence-electron chi connectivity index (χ3n) is 6.36. The van der Waals surface area contributed by atoms with Gasteiger partial charge in [-0.3, -0.25) is 9.69 Å². The summed E-state index contributed by atoms with van der Waals surface area (Å²) in [6, 6.07) is 32.3. The first-order valence-corrected chi connectivity index (χ1v) is 13.0. The van der Waals surface area contributed by atoms with Gasteiger partial charge in [0, 0.05) is 32.7 Å². The standard InChI is InChI=1S/C32H37N3O3/c1-33(2)19-20-35(24-27-13-8-5-9-14-27)32(36)31-18-17-30(38-31)25-34(22-26-11-6-4-7-12-26)23-28-15-10-16-29(21-28)37-3/h4-18,21H,19-20,22-25H2,1-3H3. The van der Waals surface area contributed by atoms with E-state index in [1.807, 2.05) is 73.6 Å². The molecule has 0 saturated carbocycles. The summed E-state index contributed by atoms with van der Waals surface area (Å²) in [5, 5.41) is 0. The third kappa shape index (κ3) is 8.07. The van der Waals surface area contributed by atoms with Crippen molar-refractivity contribution in [2.75, 3.05) is 34.3 Å². The van der Waals surface area contributed by atoms with Gasteiger partial charge in [0.2, 0.25) is 0 Å². The van der Waals surface area contributed by atoms with E-state index in [0.717, 1.165) is 42.3 Å². The average molecular weight is 512 g/mol. The second kappa shape index (κ2) is 13.6. The molecule has 0 aliphatic heterocycles. The quantitative estimate of drug-likeness (QED) is 0.231. The Bertz CT molecular complexity index is 1270. The number of rotatable bonds is 13. The number of hydrogen-bond donors (Lipinski definition) is 0. The van der Waals surface area contributed by atoms with Crippen molar-refractivity contribution in [2.45, 2.75) is 26.2 Å². The first-order valence-electron chi connectivity index (χ1n) is 13.0. The molecule has 0 aliphatic rings. The van der Waals surface area contributed by atoms with Crippen LogP contribution in [0.2, 0.25) is 0 Å². The molecule has 38 heavy (non-hydrogen) atoms. The lowest BCUT2D eigenvalue weighted by Crippen LogP contribution is -2.36. The summed E-state index contributed by atoms with van der Waals surface area (Å²) in [7, 11) is 5.71. The fraction of sp³-hybridized carbons (Fsp3) is 0.281. The van der Waals surface area contributed by atoms with Gasteiger partial charge in [0.15, 0.2) is 5.76 Å². The van der Waals surface area contributed by atoms with Crippen molar-refractivity contribution in [3.8, 4) is 5.75 Å². The lowest BCUT2D eigenvalue weighted by atomic mass is 10.1. The molecule has 0 N–H and O–H groups in total. The topological polar surface area (TPSA) is 49.2 Å². The molecule has 1 aromatic heterocycles. The highest BCUT2D eigenvalue weighted by Gasteiger charge is 2.21. The number of ether oxygens (including phenoxy) is 1. The molecule has 0 unspecified atom stereocenters. The molecule has 4 rings (SSSR count). The molecule has 198 valence electrons. The molecule has 4 aromatic rings. The molecule has 1 heterocycles. The summed E-state index contributed by atoms with van der Waals surface area (Å²) >= 11 is 0. The summed E-state index contributed by atoms with van der Waals surface area (Å²) in [5.41, 5.74) is 3.47. The Morgan fingerprint density at radius 1 is 0.711 bits per heavy atom. The van der Waals surface area contributed by atoms with Gasteiger partial charge in [-0.15, -0.1) is 0 Å². The van der Waals surface area contributed by atoms with Crippen LogP contribution < -0.4 is 4.74 Å². The van der Waals surface area contributed by atoms with Crippen molar-refractivity contribution in [2.24, 2.45) is 0 Å². The zero-order valence-electron chi connectivity index (χ0n) is 22.5. The lowest BCUT2D eigenvalue weighted by Gasteiger charge is -2.24. The van der Waals surface area contributed by atoms with Crippen LogP contribution in [0.1, 0.15) is 33.0 Å².